The van der Waals surface area contributed by atoms with Crippen LogP contribution in [0, 0.1) is 5.92 Å². The molecule has 1 aliphatic carbocycles. The Labute approximate surface area is 160 Å². The van der Waals surface area contributed by atoms with E-state index in [4.69, 9.17) is 4.42 Å². The normalized spacial score (nSPS) is 14.3. The highest BCUT2D eigenvalue weighted by molar-refractivity contribution is 5.94. The lowest BCUT2D eigenvalue weighted by atomic mass is 10.1. The van der Waals surface area contributed by atoms with E-state index in [1.807, 2.05) is 0 Å². The summed E-state index contributed by atoms with van der Waals surface area (Å²) in [5.41, 5.74) is 0.397. The Kier molecular flexibility index (Phi) is 4.92. The van der Waals surface area contributed by atoms with Crippen LogP contribution in [-0.2, 0) is 11.3 Å². The zero-order valence-corrected chi connectivity index (χ0v) is 15.2. The third-order valence-corrected chi connectivity index (χ3v) is 4.95. The molecular formula is C20H20N4O4. The van der Waals surface area contributed by atoms with Crippen LogP contribution < -0.4 is 16.2 Å². The first-order valence-electron chi connectivity index (χ1n) is 9.25. The van der Waals surface area contributed by atoms with E-state index in [0.29, 0.717) is 17.0 Å². The van der Waals surface area contributed by atoms with Crippen molar-refractivity contribution in [3.05, 3.63) is 64.6 Å². The van der Waals surface area contributed by atoms with Gasteiger partial charge in [-0.2, -0.15) is 0 Å². The molecule has 0 saturated heterocycles. The summed E-state index contributed by atoms with van der Waals surface area (Å²) < 4.78 is 6.45. The molecule has 144 valence electrons. The first-order chi connectivity index (χ1) is 13.6. The van der Waals surface area contributed by atoms with E-state index in [-0.39, 0.29) is 30.0 Å². The molecule has 3 aromatic heterocycles. The number of nitrogens with one attached hydrogen (secondary N) is 2. The Morgan fingerprint density at radius 1 is 1.21 bits per heavy atom. The van der Waals surface area contributed by atoms with Crippen LogP contribution in [-0.4, -0.2) is 21.2 Å². The van der Waals surface area contributed by atoms with Gasteiger partial charge in [-0.1, -0.05) is 12.8 Å². The molecule has 1 saturated carbocycles. The van der Waals surface area contributed by atoms with E-state index in [9.17, 15) is 14.4 Å². The molecule has 2 N–H and O–H groups in total. The van der Waals surface area contributed by atoms with Crippen LogP contribution in [0.3, 0.4) is 0 Å². The zero-order valence-electron chi connectivity index (χ0n) is 15.2. The van der Waals surface area contributed by atoms with Gasteiger partial charge in [-0.25, -0.2) is 4.98 Å². The van der Waals surface area contributed by atoms with Crippen molar-refractivity contribution in [2.75, 3.05) is 5.32 Å². The highest BCUT2D eigenvalue weighted by atomic mass is 16.3. The van der Waals surface area contributed by atoms with Crippen LogP contribution in [0.2, 0.25) is 0 Å². The number of carbonyl (C=O) groups is 2. The molecule has 1 fully saturated rings. The Morgan fingerprint density at radius 2 is 2.04 bits per heavy atom. The lowest BCUT2D eigenvalue weighted by molar-refractivity contribution is -0.119. The predicted octanol–water partition coefficient (Wildman–Crippen LogP) is 2.35. The van der Waals surface area contributed by atoms with Gasteiger partial charge < -0.3 is 15.1 Å². The molecule has 0 radical (unpaired) electrons. The number of carbonyl (C=O) groups excluding carboxylic acids is 2. The number of anilines is 1. The molecule has 3 aromatic rings. The van der Waals surface area contributed by atoms with E-state index in [2.05, 4.69) is 15.6 Å². The number of furan rings is 1. The standard InChI is InChI=1S/C20H20N4O4/c25-18(22-10-15-6-3-9-28-15)14-7-8-17-21-11-16(20(27)24(17)12-14)23-19(26)13-4-1-2-5-13/h3,6-9,11-13H,1-2,4-5,10H2,(H,22,25)(H,23,26). The molecule has 0 aliphatic heterocycles. The average Bonchev–Trinajstić information content (AvgIpc) is 3.42. The first kappa shape index (κ1) is 18.0. The predicted molar refractivity (Wildman–Crippen MR) is 102 cm³/mol. The Balaban J connectivity index is 1.55. The van der Waals surface area contributed by atoms with Crippen LogP contribution >= 0.6 is 0 Å². The minimum Gasteiger partial charge on any atom is -0.467 e. The molecule has 3 heterocycles. The van der Waals surface area contributed by atoms with Gasteiger partial charge in [0.2, 0.25) is 5.91 Å². The zero-order chi connectivity index (χ0) is 19.5. The monoisotopic (exact) mass is 380 g/mol. The van der Waals surface area contributed by atoms with Gasteiger partial charge in [0.25, 0.3) is 11.5 Å². The van der Waals surface area contributed by atoms with Gasteiger partial charge in [0.15, 0.2) is 0 Å². The van der Waals surface area contributed by atoms with Crippen molar-refractivity contribution in [2.24, 2.45) is 5.92 Å². The second-order valence-electron chi connectivity index (χ2n) is 6.86. The van der Waals surface area contributed by atoms with E-state index >= 15 is 0 Å². The number of pyridine rings is 1. The third-order valence-electron chi connectivity index (χ3n) is 4.95. The van der Waals surface area contributed by atoms with E-state index in [1.165, 1.54) is 23.1 Å². The molecule has 0 spiro atoms. The van der Waals surface area contributed by atoms with Gasteiger partial charge in [-0.05, 0) is 37.1 Å². The summed E-state index contributed by atoms with van der Waals surface area (Å²) >= 11 is 0. The first-order valence-corrected chi connectivity index (χ1v) is 9.25. The molecule has 8 nitrogen and oxygen atoms in total. The number of amides is 2. The fourth-order valence-corrected chi connectivity index (χ4v) is 3.40. The molecule has 1 aliphatic rings. The lowest BCUT2D eigenvalue weighted by Crippen LogP contribution is -2.28. The molecule has 4 rings (SSSR count). The van der Waals surface area contributed by atoms with Gasteiger partial charge in [0.05, 0.1) is 24.6 Å². The number of rotatable bonds is 5. The molecule has 0 aromatic carbocycles. The van der Waals surface area contributed by atoms with Crippen molar-refractivity contribution in [1.82, 2.24) is 14.7 Å². The summed E-state index contributed by atoms with van der Waals surface area (Å²) in [5, 5.41) is 5.42. The number of nitrogens with zero attached hydrogens (tertiary/aromatic N) is 2. The van der Waals surface area contributed by atoms with Crippen molar-refractivity contribution in [3.8, 4) is 0 Å². The molecule has 0 bridgehead atoms. The molecule has 8 heteroatoms. The van der Waals surface area contributed by atoms with Crippen molar-refractivity contribution < 1.29 is 14.0 Å². The summed E-state index contributed by atoms with van der Waals surface area (Å²) in [4.78, 5) is 41.7. The Morgan fingerprint density at radius 3 is 2.79 bits per heavy atom. The number of aromatic nitrogens is 2. The second-order valence-corrected chi connectivity index (χ2v) is 6.86. The van der Waals surface area contributed by atoms with Crippen LogP contribution in [0.5, 0.6) is 0 Å². The maximum Gasteiger partial charge on any atom is 0.281 e. The second kappa shape index (κ2) is 7.67. The topological polar surface area (TPSA) is 106 Å². The number of hydrogen-bond donors (Lipinski definition) is 2. The SMILES string of the molecule is O=C(NCc1ccco1)c1ccc2ncc(NC(=O)C3CCCC3)c(=O)n2c1. The van der Waals surface area contributed by atoms with Crippen LogP contribution in [0.4, 0.5) is 5.69 Å². The largest absolute Gasteiger partial charge is 0.467 e. The molecule has 0 atom stereocenters. The molecular weight excluding hydrogens is 360 g/mol. The van der Waals surface area contributed by atoms with E-state index < -0.39 is 5.56 Å². The van der Waals surface area contributed by atoms with Crippen LogP contribution in [0.1, 0.15) is 41.8 Å². The number of hydrogen-bond acceptors (Lipinski definition) is 5. The van der Waals surface area contributed by atoms with Crippen LogP contribution in [0.25, 0.3) is 5.65 Å². The van der Waals surface area contributed by atoms with Crippen molar-refractivity contribution in [2.45, 2.75) is 32.2 Å². The highest BCUT2D eigenvalue weighted by Crippen LogP contribution is 2.25. The average molecular weight is 380 g/mol. The molecule has 28 heavy (non-hydrogen) atoms. The van der Waals surface area contributed by atoms with Gasteiger partial charge in [-0.15, -0.1) is 0 Å². The van der Waals surface area contributed by atoms with Crippen LogP contribution in [0.15, 0.2) is 52.1 Å². The molecule has 2 amide bonds. The van der Waals surface area contributed by atoms with Gasteiger partial charge >= 0.3 is 0 Å². The summed E-state index contributed by atoms with van der Waals surface area (Å²) in [6.07, 6.45) is 8.06. The minimum absolute atomic E-state index is 0.0567. The van der Waals surface area contributed by atoms with Crippen molar-refractivity contribution >= 4 is 23.1 Å². The van der Waals surface area contributed by atoms with Crippen molar-refractivity contribution in [1.29, 1.82) is 0 Å². The molecule has 0 unspecified atom stereocenters. The minimum atomic E-state index is -0.419. The van der Waals surface area contributed by atoms with Crippen molar-refractivity contribution in [3.63, 3.8) is 0 Å². The summed E-state index contributed by atoms with van der Waals surface area (Å²) in [6, 6.07) is 6.68. The van der Waals surface area contributed by atoms with Gasteiger partial charge in [0, 0.05) is 12.1 Å². The summed E-state index contributed by atoms with van der Waals surface area (Å²) in [5.74, 6) is 0.0815. The fraction of sp³-hybridized carbons (Fsp3) is 0.300. The quantitative estimate of drug-likeness (QED) is 0.707. The summed E-state index contributed by atoms with van der Waals surface area (Å²) in [7, 11) is 0. The summed E-state index contributed by atoms with van der Waals surface area (Å²) in [6.45, 7) is 0.245. The fourth-order valence-electron chi connectivity index (χ4n) is 3.40. The maximum atomic E-state index is 12.8. The van der Waals surface area contributed by atoms with E-state index in [1.54, 1.807) is 24.3 Å². The lowest BCUT2D eigenvalue weighted by Gasteiger charge is -2.11. The maximum absolute atomic E-state index is 12.8. The Bertz CT molecular complexity index is 1070. The smallest absolute Gasteiger partial charge is 0.281 e. The highest BCUT2D eigenvalue weighted by Gasteiger charge is 2.23. The van der Waals surface area contributed by atoms with Gasteiger partial charge in [0.1, 0.15) is 17.1 Å². The third kappa shape index (κ3) is 3.66. The van der Waals surface area contributed by atoms with E-state index in [0.717, 1.165) is 25.7 Å². The Hall–Kier alpha value is -3.42. The number of fused-ring (bicyclic) bond motifs is 1. The van der Waals surface area contributed by atoms with Gasteiger partial charge in [-0.3, -0.25) is 18.8 Å².